The lowest BCUT2D eigenvalue weighted by Crippen LogP contribution is -2.27. The SMILES string of the molecule is CCCNC(C)CCc1ccc(-n2cccn2)cc1. The van der Waals surface area contributed by atoms with Gasteiger partial charge in [-0.25, -0.2) is 4.68 Å². The minimum Gasteiger partial charge on any atom is -0.314 e. The van der Waals surface area contributed by atoms with Gasteiger partial charge < -0.3 is 5.32 Å². The fourth-order valence-corrected chi connectivity index (χ4v) is 2.11. The van der Waals surface area contributed by atoms with Gasteiger partial charge in [0.05, 0.1) is 5.69 Å². The highest BCUT2D eigenvalue weighted by Gasteiger charge is 2.02. The Labute approximate surface area is 115 Å². The van der Waals surface area contributed by atoms with E-state index in [-0.39, 0.29) is 0 Å². The fourth-order valence-electron chi connectivity index (χ4n) is 2.11. The quantitative estimate of drug-likeness (QED) is 0.825. The van der Waals surface area contributed by atoms with E-state index in [1.54, 1.807) is 6.20 Å². The third kappa shape index (κ3) is 4.21. The highest BCUT2D eigenvalue weighted by molar-refractivity contribution is 5.33. The van der Waals surface area contributed by atoms with Crippen LogP contribution in [0.25, 0.3) is 5.69 Å². The van der Waals surface area contributed by atoms with E-state index in [0.717, 1.165) is 18.7 Å². The summed E-state index contributed by atoms with van der Waals surface area (Å²) in [5, 5.41) is 7.75. The van der Waals surface area contributed by atoms with E-state index in [1.165, 1.54) is 18.4 Å². The van der Waals surface area contributed by atoms with Crippen molar-refractivity contribution in [1.29, 1.82) is 0 Å². The van der Waals surface area contributed by atoms with Gasteiger partial charge in [-0.3, -0.25) is 0 Å². The van der Waals surface area contributed by atoms with Crippen LogP contribution in [0.2, 0.25) is 0 Å². The summed E-state index contributed by atoms with van der Waals surface area (Å²) in [5.74, 6) is 0. The van der Waals surface area contributed by atoms with Crippen molar-refractivity contribution in [2.75, 3.05) is 6.54 Å². The van der Waals surface area contributed by atoms with Crippen molar-refractivity contribution in [3.8, 4) is 5.69 Å². The van der Waals surface area contributed by atoms with Gasteiger partial charge in [0.2, 0.25) is 0 Å². The number of hydrogen-bond donors (Lipinski definition) is 1. The van der Waals surface area contributed by atoms with Gasteiger partial charge in [0.1, 0.15) is 0 Å². The fraction of sp³-hybridized carbons (Fsp3) is 0.438. The van der Waals surface area contributed by atoms with Gasteiger partial charge in [0.15, 0.2) is 0 Å². The van der Waals surface area contributed by atoms with Crippen LogP contribution in [0.1, 0.15) is 32.3 Å². The van der Waals surface area contributed by atoms with Crippen molar-refractivity contribution in [2.24, 2.45) is 0 Å². The molecule has 0 saturated carbocycles. The monoisotopic (exact) mass is 257 g/mol. The summed E-state index contributed by atoms with van der Waals surface area (Å²) in [6.45, 7) is 5.57. The molecule has 1 aromatic heterocycles. The summed E-state index contributed by atoms with van der Waals surface area (Å²) < 4.78 is 1.88. The maximum absolute atomic E-state index is 4.23. The van der Waals surface area contributed by atoms with Crippen LogP contribution in [0.15, 0.2) is 42.7 Å². The molecule has 1 aromatic carbocycles. The lowest BCUT2D eigenvalue weighted by Gasteiger charge is -2.13. The number of aromatic nitrogens is 2. The molecule has 1 heterocycles. The summed E-state index contributed by atoms with van der Waals surface area (Å²) in [5.41, 5.74) is 2.51. The molecule has 1 N–H and O–H groups in total. The molecule has 0 aliphatic rings. The Morgan fingerprint density at radius 3 is 2.68 bits per heavy atom. The van der Waals surface area contributed by atoms with Gasteiger partial charge in [-0.15, -0.1) is 0 Å². The number of hydrogen-bond acceptors (Lipinski definition) is 2. The van der Waals surface area contributed by atoms with Crippen molar-refractivity contribution in [3.63, 3.8) is 0 Å². The molecule has 0 radical (unpaired) electrons. The lowest BCUT2D eigenvalue weighted by atomic mass is 10.1. The highest BCUT2D eigenvalue weighted by Crippen LogP contribution is 2.11. The maximum atomic E-state index is 4.23. The molecule has 102 valence electrons. The van der Waals surface area contributed by atoms with Crippen LogP contribution in [0.5, 0.6) is 0 Å². The smallest absolute Gasteiger partial charge is 0.0645 e. The average Bonchev–Trinajstić information content (AvgIpc) is 2.97. The number of nitrogens with zero attached hydrogens (tertiary/aromatic N) is 2. The minimum atomic E-state index is 0.589. The molecule has 0 saturated heterocycles. The summed E-state index contributed by atoms with van der Waals surface area (Å²) in [7, 11) is 0. The zero-order valence-corrected chi connectivity index (χ0v) is 11.8. The van der Waals surface area contributed by atoms with Crippen molar-refractivity contribution >= 4 is 0 Å². The van der Waals surface area contributed by atoms with Crippen LogP contribution in [0.3, 0.4) is 0 Å². The molecule has 0 aliphatic carbocycles. The minimum absolute atomic E-state index is 0.589. The van der Waals surface area contributed by atoms with E-state index in [0.29, 0.717) is 6.04 Å². The molecule has 2 rings (SSSR count). The molecule has 0 aliphatic heterocycles. The van der Waals surface area contributed by atoms with E-state index in [9.17, 15) is 0 Å². The first-order chi connectivity index (χ1) is 9.29. The number of nitrogens with one attached hydrogen (secondary N) is 1. The predicted octanol–water partition coefficient (Wildman–Crippen LogP) is 3.19. The first-order valence-electron chi connectivity index (χ1n) is 7.12. The van der Waals surface area contributed by atoms with E-state index >= 15 is 0 Å². The van der Waals surface area contributed by atoms with Gasteiger partial charge in [-0.05, 0) is 56.5 Å². The molecule has 2 aromatic rings. The summed E-state index contributed by atoms with van der Waals surface area (Å²) in [6.07, 6.45) is 7.27. The van der Waals surface area contributed by atoms with Crippen LogP contribution >= 0.6 is 0 Å². The average molecular weight is 257 g/mol. The summed E-state index contributed by atoms with van der Waals surface area (Å²) in [4.78, 5) is 0. The van der Waals surface area contributed by atoms with Crippen LogP contribution in [0.4, 0.5) is 0 Å². The van der Waals surface area contributed by atoms with Crippen LogP contribution in [-0.2, 0) is 6.42 Å². The Morgan fingerprint density at radius 1 is 1.26 bits per heavy atom. The Balaban J connectivity index is 1.85. The van der Waals surface area contributed by atoms with Gasteiger partial charge >= 0.3 is 0 Å². The van der Waals surface area contributed by atoms with Crippen molar-refractivity contribution in [1.82, 2.24) is 15.1 Å². The van der Waals surface area contributed by atoms with E-state index in [1.807, 2.05) is 16.9 Å². The second-order valence-corrected chi connectivity index (χ2v) is 5.01. The van der Waals surface area contributed by atoms with Crippen molar-refractivity contribution in [2.45, 2.75) is 39.2 Å². The van der Waals surface area contributed by atoms with Crippen molar-refractivity contribution in [3.05, 3.63) is 48.3 Å². The number of aryl methyl sites for hydroxylation is 1. The van der Waals surface area contributed by atoms with E-state index in [2.05, 4.69) is 48.5 Å². The molecule has 0 bridgehead atoms. The topological polar surface area (TPSA) is 29.9 Å². The van der Waals surface area contributed by atoms with Crippen LogP contribution in [0, 0.1) is 0 Å². The molecular formula is C16H23N3. The molecule has 0 amide bonds. The zero-order chi connectivity index (χ0) is 13.5. The van der Waals surface area contributed by atoms with Gasteiger partial charge in [-0.2, -0.15) is 5.10 Å². The third-order valence-electron chi connectivity index (χ3n) is 3.31. The Bertz CT molecular complexity index is 459. The lowest BCUT2D eigenvalue weighted by molar-refractivity contribution is 0.514. The summed E-state index contributed by atoms with van der Waals surface area (Å²) >= 11 is 0. The van der Waals surface area contributed by atoms with Gasteiger partial charge in [-0.1, -0.05) is 19.1 Å². The van der Waals surface area contributed by atoms with Crippen LogP contribution < -0.4 is 5.32 Å². The first kappa shape index (κ1) is 13.8. The van der Waals surface area contributed by atoms with Gasteiger partial charge in [0, 0.05) is 18.4 Å². The zero-order valence-electron chi connectivity index (χ0n) is 11.8. The molecule has 1 unspecified atom stereocenters. The van der Waals surface area contributed by atoms with E-state index in [4.69, 9.17) is 0 Å². The molecule has 0 fully saturated rings. The Morgan fingerprint density at radius 2 is 2.05 bits per heavy atom. The third-order valence-corrected chi connectivity index (χ3v) is 3.31. The molecule has 0 spiro atoms. The molecular weight excluding hydrogens is 234 g/mol. The number of benzene rings is 1. The van der Waals surface area contributed by atoms with Crippen LogP contribution in [-0.4, -0.2) is 22.4 Å². The molecule has 1 atom stereocenters. The normalized spacial score (nSPS) is 12.5. The second kappa shape index (κ2) is 7.10. The highest BCUT2D eigenvalue weighted by atomic mass is 15.3. The Hall–Kier alpha value is -1.61. The van der Waals surface area contributed by atoms with E-state index < -0.39 is 0 Å². The second-order valence-electron chi connectivity index (χ2n) is 5.01. The maximum Gasteiger partial charge on any atom is 0.0645 e. The largest absolute Gasteiger partial charge is 0.314 e. The molecule has 19 heavy (non-hydrogen) atoms. The predicted molar refractivity (Wildman–Crippen MR) is 79.6 cm³/mol. The first-order valence-corrected chi connectivity index (χ1v) is 7.12. The number of rotatable bonds is 7. The summed E-state index contributed by atoms with van der Waals surface area (Å²) in [6, 6.07) is 11.2. The van der Waals surface area contributed by atoms with Gasteiger partial charge in [0.25, 0.3) is 0 Å². The van der Waals surface area contributed by atoms with Crippen molar-refractivity contribution < 1.29 is 0 Å². The standard InChI is InChI=1S/C16H23N3/c1-3-11-17-14(2)5-6-15-7-9-16(10-8-15)19-13-4-12-18-19/h4,7-10,12-14,17H,3,5-6,11H2,1-2H3. The molecule has 3 nitrogen and oxygen atoms in total. The Kier molecular flexibility index (Phi) is 5.16. The molecule has 3 heteroatoms.